The highest BCUT2D eigenvalue weighted by molar-refractivity contribution is 5.76. The van der Waals surface area contributed by atoms with E-state index < -0.39 is 0 Å². The molecule has 0 bridgehead atoms. The fourth-order valence-electron chi connectivity index (χ4n) is 3.44. The topological polar surface area (TPSA) is 51.8 Å². The summed E-state index contributed by atoms with van der Waals surface area (Å²) in [6.45, 7) is 9.09. The molecule has 26 heavy (non-hydrogen) atoms. The fourth-order valence-corrected chi connectivity index (χ4v) is 3.44. The van der Waals surface area contributed by atoms with E-state index in [4.69, 9.17) is 4.98 Å². The molecular weight excluding hydrogens is 324 g/mol. The van der Waals surface area contributed by atoms with Gasteiger partial charge in [-0.2, -0.15) is 0 Å². The minimum absolute atomic E-state index is 0.618. The Bertz CT molecular complexity index is 1010. The van der Waals surface area contributed by atoms with Gasteiger partial charge >= 0.3 is 0 Å². The number of para-hydroxylation sites is 3. The Balaban J connectivity index is 1.70. The third kappa shape index (κ3) is 3.08. The molecule has 0 spiro atoms. The number of hydrogen-bond acceptors (Lipinski definition) is 4. The zero-order valence-electron chi connectivity index (χ0n) is 15.3. The Labute approximate surface area is 153 Å². The molecule has 6 nitrogen and oxygen atoms in total. The number of rotatable bonds is 7. The number of imidazole rings is 1. The lowest BCUT2D eigenvalue weighted by Gasteiger charge is -2.19. The molecule has 2 aromatic heterocycles. The first-order valence-electron chi connectivity index (χ1n) is 9.25. The summed E-state index contributed by atoms with van der Waals surface area (Å²) in [6, 6.07) is 16.4. The first kappa shape index (κ1) is 16.7. The van der Waals surface area contributed by atoms with Gasteiger partial charge in [0.1, 0.15) is 17.9 Å². The summed E-state index contributed by atoms with van der Waals surface area (Å²) < 4.78 is 4.26. The van der Waals surface area contributed by atoms with Crippen molar-refractivity contribution in [3.05, 3.63) is 54.4 Å². The number of hydrogen-bond donors (Lipinski definition) is 0. The van der Waals surface area contributed by atoms with Crippen LogP contribution in [0.1, 0.15) is 19.7 Å². The molecule has 4 aromatic rings. The van der Waals surface area contributed by atoms with Gasteiger partial charge in [-0.05, 0) is 37.4 Å². The molecular formula is C20H24N6. The van der Waals surface area contributed by atoms with E-state index in [1.807, 2.05) is 28.9 Å². The zero-order chi connectivity index (χ0) is 17.9. The summed E-state index contributed by atoms with van der Waals surface area (Å²) >= 11 is 0. The highest BCUT2D eigenvalue weighted by atomic mass is 15.4. The lowest BCUT2D eigenvalue weighted by atomic mass is 10.3. The average Bonchev–Trinajstić information content (AvgIpc) is 3.24. The summed E-state index contributed by atoms with van der Waals surface area (Å²) in [7, 11) is 0. The molecule has 6 heteroatoms. The first-order valence-corrected chi connectivity index (χ1v) is 9.25. The molecule has 0 saturated carbocycles. The van der Waals surface area contributed by atoms with Crippen molar-refractivity contribution in [2.75, 3.05) is 19.6 Å². The molecule has 0 aliphatic rings. The van der Waals surface area contributed by atoms with Crippen molar-refractivity contribution < 1.29 is 0 Å². The predicted molar refractivity (Wildman–Crippen MR) is 104 cm³/mol. The maximum atomic E-state index is 4.88. The Morgan fingerprint density at radius 1 is 0.885 bits per heavy atom. The van der Waals surface area contributed by atoms with Crippen LogP contribution in [0.3, 0.4) is 0 Å². The van der Waals surface area contributed by atoms with Crippen molar-refractivity contribution in [1.82, 2.24) is 29.4 Å². The van der Waals surface area contributed by atoms with E-state index in [-0.39, 0.29) is 0 Å². The highest BCUT2D eigenvalue weighted by Crippen LogP contribution is 2.18. The Morgan fingerprint density at radius 2 is 1.58 bits per heavy atom. The number of fused-ring (bicyclic) bond motifs is 2. The SMILES string of the molecule is CCN(CC)CCn1c(Cn2nnc3ccccc32)nc2ccccc21. The van der Waals surface area contributed by atoms with Gasteiger partial charge < -0.3 is 9.47 Å². The van der Waals surface area contributed by atoms with Gasteiger partial charge in [0, 0.05) is 13.1 Å². The van der Waals surface area contributed by atoms with E-state index >= 15 is 0 Å². The maximum Gasteiger partial charge on any atom is 0.131 e. The predicted octanol–water partition coefficient (Wildman–Crippen LogP) is 3.17. The van der Waals surface area contributed by atoms with Crippen LogP contribution in [0.5, 0.6) is 0 Å². The molecule has 2 heterocycles. The summed E-state index contributed by atoms with van der Waals surface area (Å²) in [6.07, 6.45) is 0. The molecule has 0 unspecified atom stereocenters. The van der Waals surface area contributed by atoms with Crippen LogP contribution in [0.4, 0.5) is 0 Å². The highest BCUT2D eigenvalue weighted by Gasteiger charge is 2.14. The number of likely N-dealkylation sites (N-methyl/N-ethyl adjacent to an activating group) is 1. The third-order valence-corrected chi connectivity index (χ3v) is 4.98. The number of nitrogens with zero attached hydrogens (tertiary/aromatic N) is 6. The van der Waals surface area contributed by atoms with Crippen molar-refractivity contribution in [1.29, 1.82) is 0 Å². The fraction of sp³-hybridized carbons (Fsp3) is 0.350. The largest absolute Gasteiger partial charge is 0.325 e. The van der Waals surface area contributed by atoms with Crippen LogP contribution in [-0.2, 0) is 13.1 Å². The zero-order valence-corrected chi connectivity index (χ0v) is 15.3. The van der Waals surface area contributed by atoms with Crippen LogP contribution in [0.2, 0.25) is 0 Å². The summed E-state index contributed by atoms with van der Waals surface area (Å²) in [4.78, 5) is 7.31. The smallest absolute Gasteiger partial charge is 0.131 e. The Kier molecular flexibility index (Phi) is 4.67. The normalized spacial score (nSPS) is 11.8. The van der Waals surface area contributed by atoms with Crippen molar-refractivity contribution in [2.24, 2.45) is 0 Å². The van der Waals surface area contributed by atoms with E-state index in [1.165, 1.54) is 5.52 Å². The monoisotopic (exact) mass is 348 g/mol. The minimum atomic E-state index is 0.618. The first-order chi connectivity index (χ1) is 12.8. The lowest BCUT2D eigenvalue weighted by Crippen LogP contribution is -2.27. The maximum absolute atomic E-state index is 4.88. The molecule has 0 N–H and O–H groups in total. The van der Waals surface area contributed by atoms with Crippen molar-refractivity contribution in [3.63, 3.8) is 0 Å². The van der Waals surface area contributed by atoms with E-state index in [1.54, 1.807) is 0 Å². The van der Waals surface area contributed by atoms with Gasteiger partial charge in [-0.25, -0.2) is 9.67 Å². The molecule has 2 aromatic carbocycles. The second-order valence-electron chi connectivity index (χ2n) is 6.43. The average molecular weight is 348 g/mol. The van der Waals surface area contributed by atoms with Crippen LogP contribution < -0.4 is 0 Å². The van der Waals surface area contributed by atoms with Crippen LogP contribution in [-0.4, -0.2) is 49.1 Å². The van der Waals surface area contributed by atoms with Crippen molar-refractivity contribution in [3.8, 4) is 0 Å². The van der Waals surface area contributed by atoms with Gasteiger partial charge in [0.2, 0.25) is 0 Å². The molecule has 0 amide bonds. The van der Waals surface area contributed by atoms with Gasteiger partial charge in [0.15, 0.2) is 0 Å². The van der Waals surface area contributed by atoms with Crippen LogP contribution in [0.15, 0.2) is 48.5 Å². The van der Waals surface area contributed by atoms with E-state index in [0.717, 1.165) is 48.6 Å². The summed E-state index contributed by atoms with van der Waals surface area (Å²) in [5, 5.41) is 8.60. The summed E-state index contributed by atoms with van der Waals surface area (Å²) in [5.74, 6) is 1.02. The molecule has 0 aliphatic heterocycles. The Hall–Kier alpha value is -2.73. The Morgan fingerprint density at radius 3 is 2.35 bits per heavy atom. The van der Waals surface area contributed by atoms with Crippen LogP contribution in [0.25, 0.3) is 22.1 Å². The van der Waals surface area contributed by atoms with Crippen molar-refractivity contribution >= 4 is 22.1 Å². The van der Waals surface area contributed by atoms with Crippen LogP contribution >= 0.6 is 0 Å². The third-order valence-electron chi connectivity index (χ3n) is 4.98. The molecule has 0 aliphatic carbocycles. The molecule has 134 valence electrons. The van der Waals surface area contributed by atoms with E-state index in [2.05, 4.69) is 57.9 Å². The molecule has 0 saturated heterocycles. The van der Waals surface area contributed by atoms with E-state index in [9.17, 15) is 0 Å². The van der Waals surface area contributed by atoms with E-state index in [0.29, 0.717) is 6.54 Å². The lowest BCUT2D eigenvalue weighted by molar-refractivity contribution is 0.290. The van der Waals surface area contributed by atoms with Crippen LogP contribution in [0, 0.1) is 0 Å². The minimum Gasteiger partial charge on any atom is -0.325 e. The summed E-state index contributed by atoms with van der Waals surface area (Å²) in [5.41, 5.74) is 4.17. The van der Waals surface area contributed by atoms with Crippen molar-refractivity contribution in [2.45, 2.75) is 26.9 Å². The van der Waals surface area contributed by atoms with Gasteiger partial charge in [0.25, 0.3) is 0 Å². The number of benzene rings is 2. The standard InChI is InChI=1S/C20H24N6/c1-3-24(4-2)13-14-25-18-11-7-5-9-16(18)21-20(25)15-26-19-12-8-6-10-17(19)22-23-26/h5-12H,3-4,13-15H2,1-2H3. The molecule has 0 atom stereocenters. The number of aromatic nitrogens is 5. The van der Waals surface area contributed by atoms with Gasteiger partial charge in [-0.3, -0.25) is 0 Å². The van der Waals surface area contributed by atoms with Gasteiger partial charge in [-0.15, -0.1) is 5.10 Å². The second kappa shape index (κ2) is 7.25. The van der Waals surface area contributed by atoms with Gasteiger partial charge in [0.05, 0.1) is 16.6 Å². The molecule has 4 rings (SSSR count). The molecule has 0 radical (unpaired) electrons. The quantitative estimate of drug-likeness (QED) is 0.515. The second-order valence-corrected chi connectivity index (χ2v) is 6.43. The van der Waals surface area contributed by atoms with Gasteiger partial charge in [-0.1, -0.05) is 43.3 Å². The molecule has 0 fully saturated rings.